The van der Waals surface area contributed by atoms with Gasteiger partial charge < -0.3 is 19.9 Å². The van der Waals surface area contributed by atoms with Crippen molar-refractivity contribution >= 4 is 34.8 Å². The molecule has 1 heterocycles. The summed E-state index contributed by atoms with van der Waals surface area (Å²) in [5, 5.41) is 3.31. The van der Waals surface area contributed by atoms with Gasteiger partial charge in [0.15, 0.2) is 6.61 Å². The van der Waals surface area contributed by atoms with Crippen molar-refractivity contribution in [3.05, 3.63) is 53.1 Å². The number of alkyl halides is 3. The van der Waals surface area contributed by atoms with E-state index < -0.39 is 12.1 Å². The van der Waals surface area contributed by atoms with Crippen LogP contribution >= 0.6 is 11.6 Å². The van der Waals surface area contributed by atoms with Gasteiger partial charge in [0.2, 0.25) is 0 Å². The third kappa shape index (κ3) is 6.04. The first-order valence-corrected chi connectivity index (χ1v) is 9.91. The Morgan fingerprint density at radius 3 is 2.29 bits per heavy atom. The molecule has 1 saturated heterocycles. The third-order valence-electron chi connectivity index (χ3n) is 4.82. The van der Waals surface area contributed by atoms with E-state index in [1.165, 1.54) is 0 Å². The van der Waals surface area contributed by atoms with Gasteiger partial charge in [0.05, 0.1) is 0 Å². The molecule has 3 rings (SSSR count). The molecule has 1 N–H and O–H groups in total. The van der Waals surface area contributed by atoms with Gasteiger partial charge in [-0.3, -0.25) is 9.59 Å². The number of carbonyl (C=O) groups is 2. The van der Waals surface area contributed by atoms with Gasteiger partial charge in [-0.1, -0.05) is 11.6 Å². The van der Waals surface area contributed by atoms with Crippen molar-refractivity contribution in [2.24, 2.45) is 0 Å². The van der Waals surface area contributed by atoms with Gasteiger partial charge in [-0.15, -0.1) is 0 Å². The minimum atomic E-state index is -4.85. The molecule has 0 aliphatic carbocycles. The number of halogens is 4. The fourth-order valence-corrected chi connectivity index (χ4v) is 3.44. The first-order valence-electron chi connectivity index (χ1n) is 9.53. The van der Waals surface area contributed by atoms with E-state index in [-0.39, 0.29) is 25.6 Å². The van der Waals surface area contributed by atoms with Crippen LogP contribution in [0.2, 0.25) is 5.02 Å². The molecule has 2 aromatic rings. The van der Waals surface area contributed by atoms with Gasteiger partial charge in [0, 0.05) is 42.6 Å². The van der Waals surface area contributed by atoms with Gasteiger partial charge >= 0.3 is 12.1 Å². The number of benzene rings is 2. The van der Waals surface area contributed by atoms with E-state index in [9.17, 15) is 22.8 Å². The van der Waals surface area contributed by atoms with E-state index in [0.717, 1.165) is 16.2 Å². The Bertz CT molecular complexity index is 943. The van der Waals surface area contributed by atoms with Crippen molar-refractivity contribution in [2.45, 2.75) is 13.1 Å². The molecule has 6 nitrogen and oxygen atoms in total. The Balaban J connectivity index is 1.49. The molecular formula is C21H21ClF3N3O3. The summed E-state index contributed by atoms with van der Waals surface area (Å²) < 4.78 is 43.1. The average Bonchev–Trinajstić information content (AvgIpc) is 2.72. The zero-order valence-electron chi connectivity index (χ0n) is 16.7. The highest BCUT2D eigenvalue weighted by Crippen LogP contribution is 2.24. The van der Waals surface area contributed by atoms with Crippen molar-refractivity contribution in [1.82, 2.24) is 4.90 Å². The molecule has 0 radical (unpaired) electrons. The standard InChI is InChI=1S/C21H21ClF3N3O3/c1-14-12-15(22)2-7-18(14)31-13-19(29)26-16-3-5-17(6-4-16)27-8-10-28(11-9-27)20(30)21(23,24)25/h2-7,12H,8-11,13H2,1H3,(H,26,29). The minimum absolute atomic E-state index is 0.00170. The number of anilines is 2. The molecule has 1 aliphatic rings. The van der Waals surface area contributed by atoms with Crippen LogP contribution in [-0.2, 0) is 9.59 Å². The number of aryl methyl sites for hydroxylation is 1. The van der Waals surface area contributed by atoms with Crippen molar-refractivity contribution in [3.8, 4) is 5.75 Å². The highest BCUT2D eigenvalue weighted by Gasteiger charge is 2.43. The zero-order valence-corrected chi connectivity index (χ0v) is 17.5. The minimum Gasteiger partial charge on any atom is -0.483 e. The summed E-state index contributed by atoms with van der Waals surface area (Å²) in [6.45, 7) is 2.25. The zero-order chi connectivity index (χ0) is 22.6. The largest absolute Gasteiger partial charge is 0.483 e. The lowest BCUT2D eigenvalue weighted by atomic mass is 10.2. The number of hydrogen-bond donors (Lipinski definition) is 1. The molecule has 0 spiro atoms. The van der Waals surface area contributed by atoms with Crippen molar-refractivity contribution in [3.63, 3.8) is 0 Å². The normalized spacial score (nSPS) is 14.4. The molecule has 0 atom stereocenters. The van der Waals surface area contributed by atoms with Gasteiger partial charge in [0.1, 0.15) is 5.75 Å². The van der Waals surface area contributed by atoms with Crippen LogP contribution in [0.5, 0.6) is 5.75 Å². The van der Waals surface area contributed by atoms with Crippen LogP contribution in [0, 0.1) is 6.92 Å². The predicted octanol–water partition coefficient (Wildman–Crippen LogP) is 3.88. The number of piperazine rings is 1. The quantitative estimate of drug-likeness (QED) is 0.743. The van der Waals surface area contributed by atoms with Crippen LogP contribution in [0.4, 0.5) is 24.5 Å². The van der Waals surface area contributed by atoms with E-state index in [1.807, 2.05) is 11.8 Å². The molecule has 0 saturated carbocycles. The number of carbonyl (C=O) groups excluding carboxylic acids is 2. The van der Waals surface area contributed by atoms with Gasteiger partial charge in [-0.05, 0) is 55.0 Å². The molecule has 166 valence electrons. The Hall–Kier alpha value is -2.94. The molecule has 10 heteroatoms. The van der Waals surface area contributed by atoms with Crippen LogP contribution < -0.4 is 15.0 Å². The molecule has 1 aliphatic heterocycles. The predicted molar refractivity (Wildman–Crippen MR) is 112 cm³/mol. The topological polar surface area (TPSA) is 61.9 Å². The SMILES string of the molecule is Cc1cc(Cl)ccc1OCC(=O)Nc1ccc(N2CCN(C(=O)C(F)(F)F)CC2)cc1. The number of ether oxygens (including phenoxy) is 1. The lowest BCUT2D eigenvalue weighted by Gasteiger charge is -2.36. The number of rotatable bonds is 5. The molecule has 31 heavy (non-hydrogen) atoms. The first kappa shape index (κ1) is 22.7. The number of hydrogen-bond acceptors (Lipinski definition) is 4. The molecule has 2 amide bonds. The number of amides is 2. The van der Waals surface area contributed by atoms with E-state index >= 15 is 0 Å². The highest BCUT2D eigenvalue weighted by molar-refractivity contribution is 6.30. The molecule has 0 unspecified atom stereocenters. The number of nitrogens with one attached hydrogen (secondary N) is 1. The molecule has 2 aromatic carbocycles. The Kier molecular flexibility index (Phi) is 6.94. The maximum Gasteiger partial charge on any atom is 0.471 e. The molecule has 0 bridgehead atoms. The summed E-state index contributed by atoms with van der Waals surface area (Å²) in [4.78, 5) is 26.1. The highest BCUT2D eigenvalue weighted by atomic mass is 35.5. The van der Waals surface area contributed by atoms with Crippen LogP contribution in [0.1, 0.15) is 5.56 Å². The van der Waals surface area contributed by atoms with Crippen LogP contribution in [0.15, 0.2) is 42.5 Å². The summed E-state index contributed by atoms with van der Waals surface area (Å²) >= 11 is 5.89. The fraction of sp³-hybridized carbons (Fsp3) is 0.333. The first-order chi connectivity index (χ1) is 14.6. The lowest BCUT2D eigenvalue weighted by molar-refractivity contribution is -0.185. The number of nitrogens with zero attached hydrogens (tertiary/aromatic N) is 2. The second-order valence-electron chi connectivity index (χ2n) is 7.07. The molecule has 0 aromatic heterocycles. The van der Waals surface area contributed by atoms with Crippen LogP contribution in [-0.4, -0.2) is 55.7 Å². The van der Waals surface area contributed by atoms with Crippen molar-refractivity contribution in [2.75, 3.05) is 43.0 Å². The van der Waals surface area contributed by atoms with Crippen molar-refractivity contribution in [1.29, 1.82) is 0 Å². The van der Waals surface area contributed by atoms with E-state index in [0.29, 0.717) is 29.5 Å². The summed E-state index contributed by atoms with van der Waals surface area (Å²) in [5.74, 6) is -1.57. The second kappa shape index (κ2) is 9.47. The summed E-state index contributed by atoms with van der Waals surface area (Å²) in [6.07, 6.45) is -4.85. The summed E-state index contributed by atoms with van der Waals surface area (Å²) in [5.41, 5.74) is 2.18. The summed E-state index contributed by atoms with van der Waals surface area (Å²) in [6, 6.07) is 12.1. The van der Waals surface area contributed by atoms with Crippen LogP contribution in [0.3, 0.4) is 0 Å². The van der Waals surface area contributed by atoms with Gasteiger partial charge in [-0.25, -0.2) is 0 Å². The van der Waals surface area contributed by atoms with E-state index in [1.54, 1.807) is 42.5 Å². The van der Waals surface area contributed by atoms with E-state index in [4.69, 9.17) is 16.3 Å². The average molecular weight is 456 g/mol. The second-order valence-corrected chi connectivity index (χ2v) is 7.51. The third-order valence-corrected chi connectivity index (χ3v) is 5.06. The monoisotopic (exact) mass is 455 g/mol. The molecular weight excluding hydrogens is 435 g/mol. The van der Waals surface area contributed by atoms with Gasteiger partial charge in [0.25, 0.3) is 5.91 Å². The van der Waals surface area contributed by atoms with Gasteiger partial charge in [-0.2, -0.15) is 13.2 Å². The lowest BCUT2D eigenvalue weighted by Crippen LogP contribution is -2.52. The fourth-order valence-electron chi connectivity index (χ4n) is 3.22. The van der Waals surface area contributed by atoms with Crippen LogP contribution in [0.25, 0.3) is 0 Å². The van der Waals surface area contributed by atoms with Crippen molar-refractivity contribution < 1.29 is 27.5 Å². The van der Waals surface area contributed by atoms with E-state index in [2.05, 4.69) is 5.32 Å². The smallest absolute Gasteiger partial charge is 0.471 e. The summed E-state index contributed by atoms with van der Waals surface area (Å²) in [7, 11) is 0. The maximum absolute atomic E-state index is 12.5. The Morgan fingerprint density at radius 1 is 1.06 bits per heavy atom. The Morgan fingerprint density at radius 2 is 1.71 bits per heavy atom. The maximum atomic E-state index is 12.5. The molecule has 1 fully saturated rings. The Labute approximate surface area is 182 Å².